The largest absolute Gasteiger partial charge is 0.496 e. The molecule has 1 heterocycles. The maximum Gasteiger partial charge on any atom is 0.122 e. The number of aryl methyl sites for hydroxylation is 1. The fourth-order valence-electron chi connectivity index (χ4n) is 2.47. The molecule has 2 unspecified atom stereocenters. The molecule has 0 saturated carbocycles. The van der Waals surface area contributed by atoms with Crippen LogP contribution in [0.1, 0.15) is 37.0 Å². The first kappa shape index (κ1) is 12.4. The predicted molar refractivity (Wildman–Crippen MR) is 68.4 cm³/mol. The topological polar surface area (TPSA) is 41.5 Å². The summed E-state index contributed by atoms with van der Waals surface area (Å²) in [6.07, 6.45) is 2.71. The van der Waals surface area contributed by atoms with E-state index in [2.05, 4.69) is 18.3 Å². The third-order valence-corrected chi connectivity index (χ3v) is 3.51. The van der Waals surface area contributed by atoms with Crippen molar-refractivity contribution in [1.82, 2.24) is 5.32 Å². The SMILES string of the molecule is CCc1cc(C(O)C2CCCN2)ccc1OC. The van der Waals surface area contributed by atoms with Gasteiger partial charge in [0, 0.05) is 6.04 Å². The Labute approximate surface area is 103 Å². The van der Waals surface area contributed by atoms with Gasteiger partial charge in [-0.15, -0.1) is 0 Å². The molecular formula is C14H21NO2. The van der Waals surface area contributed by atoms with Crippen molar-refractivity contribution in [3.63, 3.8) is 0 Å². The second-order valence-electron chi connectivity index (χ2n) is 4.57. The third-order valence-electron chi connectivity index (χ3n) is 3.51. The van der Waals surface area contributed by atoms with Crippen molar-refractivity contribution in [2.24, 2.45) is 0 Å². The van der Waals surface area contributed by atoms with Crippen LogP contribution >= 0.6 is 0 Å². The molecule has 0 radical (unpaired) electrons. The van der Waals surface area contributed by atoms with E-state index in [1.54, 1.807) is 7.11 Å². The van der Waals surface area contributed by atoms with Gasteiger partial charge >= 0.3 is 0 Å². The number of benzene rings is 1. The van der Waals surface area contributed by atoms with Gasteiger partial charge < -0.3 is 15.2 Å². The second kappa shape index (κ2) is 5.52. The van der Waals surface area contributed by atoms with Crippen LogP contribution in [0, 0.1) is 0 Å². The van der Waals surface area contributed by atoms with Gasteiger partial charge in [0.1, 0.15) is 5.75 Å². The highest BCUT2D eigenvalue weighted by Crippen LogP contribution is 2.27. The van der Waals surface area contributed by atoms with Crippen LogP contribution in [0.3, 0.4) is 0 Å². The minimum atomic E-state index is -0.409. The van der Waals surface area contributed by atoms with Gasteiger partial charge in [0.15, 0.2) is 0 Å². The van der Waals surface area contributed by atoms with Crippen LogP contribution < -0.4 is 10.1 Å². The van der Waals surface area contributed by atoms with Crippen LogP contribution in [0.2, 0.25) is 0 Å². The zero-order chi connectivity index (χ0) is 12.3. The van der Waals surface area contributed by atoms with Crippen LogP contribution in [0.4, 0.5) is 0 Å². The van der Waals surface area contributed by atoms with Crippen molar-refractivity contribution in [1.29, 1.82) is 0 Å². The summed E-state index contributed by atoms with van der Waals surface area (Å²) in [5.41, 5.74) is 2.14. The molecule has 0 bridgehead atoms. The number of aliphatic hydroxyl groups excluding tert-OH is 1. The molecule has 0 aliphatic carbocycles. The number of hydrogen-bond acceptors (Lipinski definition) is 3. The van der Waals surface area contributed by atoms with E-state index in [1.807, 2.05) is 12.1 Å². The van der Waals surface area contributed by atoms with Crippen molar-refractivity contribution < 1.29 is 9.84 Å². The van der Waals surface area contributed by atoms with Gasteiger partial charge in [-0.1, -0.05) is 13.0 Å². The van der Waals surface area contributed by atoms with E-state index in [9.17, 15) is 5.11 Å². The number of methoxy groups -OCH3 is 1. The van der Waals surface area contributed by atoms with E-state index in [1.165, 1.54) is 0 Å². The Bertz CT molecular complexity index is 372. The number of hydrogen-bond donors (Lipinski definition) is 2. The van der Waals surface area contributed by atoms with E-state index in [-0.39, 0.29) is 6.04 Å². The van der Waals surface area contributed by atoms with Crippen LogP contribution in [-0.2, 0) is 6.42 Å². The molecule has 17 heavy (non-hydrogen) atoms. The molecule has 0 aromatic heterocycles. The number of aliphatic hydroxyl groups is 1. The van der Waals surface area contributed by atoms with E-state index in [0.29, 0.717) is 0 Å². The summed E-state index contributed by atoms with van der Waals surface area (Å²) in [6, 6.07) is 6.17. The lowest BCUT2D eigenvalue weighted by Crippen LogP contribution is -2.28. The summed E-state index contributed by atoms with van der Waals surface area (Å²) in [5, 5.41) is 13.6. The summed E-state index contributed by atoms with van der Waals surface area (Å²) >= 11 is 0. The lowest BCUT2D eigenvalue weighted by molar-refractivity contribution is 0.137. The smallest absolute Gasteiger partial charge is 0.122 e. The highest BCUT2D eigenvalue weighted by atomic mass is 16.5. The first-order valence-corrected chi connectivity index (χ1v) is 6.34. The molecule has 2 rings (SSSR count). The Morgan fingerprint density at radius 2 is 2.35 bits per heavy atom. The third kappa shape index (κ3) is 2.61. The summed E-state index contributed by atoms with van der Waals surface area (Å²) in [5.74, 6) is 0.905. The maximum atomic E-state index is 10.3. The molecule has 1 saturated heterocycles. The van der Waals surface area contributed by atoms with Crippen molar-refractivity contribution in [2.75, 3.05) is 13.7 Å². The van der Waals surface area contributed by atoms with Crippen molar-refractivity contribution in [3.05, 3.63) is 29.3 Å². The van der Waals surface area contributed by atoms with E-state index in [0.717, 1.165) is 42.7 Å². The van der Waals surface area contributed by atoms with Gasteiger partial charge in [0.25, 0.3) is 0 Å². The van der Waals surface area contributed by atoms with Crippen LogP contribution in [-0.4, -0.2) is 24.8 Å². The molecule has 0 spiro atoms. The number of rotatable bonds is 4. The number of ether oxygens (including phenoxy) is 1. The quantitative estimate of drug-likeness (QED) is 0.839. The van der Waals surface area contributed by atoms with E-state index in [4.69, 9.17) is 4.74 Å². The van der Waals surface area contributed by atoms with E-state index < -0.39 is 6.10 Å². The highest BCUT2D eigenvalue weighted by molar-refractivity contribution is 5.38. The van der Waals surface area contributed by atoms with Gasteiger partial charge in [-0.25, -0.2) is 0 Å². The molecule has 1 aromatic carbocycles. The van der Waals surface area contributed by atoms with Crippen LogP contribution in [0.5, 0.6) is 5.75 Å². The first-order valence-electron chi connectivity index (χ1n) is 6.34. The molecule has 1 aliphatic heterocycles. The Hall–Kier alpha value is -1.06. The van der Waals surface area contributed by atoms with Crippen LogP contribution in [0.25, 0.3) is 0 Å². The Morgan fingerprint density at radius 1 is 1.53 bits per heavy atom. The summed E-state index contributed by atoms with van der Waals surface area (Å²) in [6.45, 7) is 3.11. The number of nitrogens with one attached hydrogen (secondary N) is 1. The normalized spacial score (nSPS) is 21.5. The molecule has 3 heteroatoms. The van der Waals surface area contributed by atoms with Gasteiger partial charge in [-0.3, -0.25) is 0 Å². The van der Waals surface area contributed by atoms with Crippen LogP contribution in [0.15, 0.2) is 18.2 Å². The van der Waals surface area contributed by atoms with Gasteiger partial charge in [-0.2, -0.15) is 0 Å². The maximum absolute atomic E-state index is 10.3. The van der Waals surface area contributed by atoms with Crippen molar-refractivity contribution in [2.45, 2.75) is 38.3 Å². The molecular weight excluding hydrogens is 214 g/mol. The van der Waals surface area contributed by atoms with Gasteiger partial charge in [0.05, 0.1) is 13.2 Å². The van der Waals surface area contributed by atoms with Gasteiger partial charge in [-0.05, 0) is 49.1 Å². The summed E-state index contributed by atoms with van der Waals surface area (Å²) in [4.78, 5) is 0. The summed E-state index contributed by atoms with van der Waals surface area (Å²) in [7, 11) is 1.68. The molecule has 3 nitrogen and oxygen atoms in total. The molecule has 0 amide bonds. The highest BCUT2D eigenvalue weighted by Gasteiger charge is 2.24. The summed E-state index contributed by atoms with van der Waals surface area (Å²) < 4.78 is 5.30. The molecule has 2 atom stereocenters. The van der Waals surface area contributed by atoms with Gasteiger partial charge in [0.2, 0.25) is 0 Å². The van der Waals surface area contributed by atoms with Crippen molar-refractivity contribution in [3.8, 4) is 5.75 Å². The van der Waals surface area contributed by atoms with E-state index >= 15 is 0 Å². The fraction of sp³-hybridized carbons (Fsp3) is 0.571. The Kier molecular flexibility index (Phi) is 4.02. The predicted octanol–water partition coefficient (Wildman–Crippen LogP) is 2.04. The standard InChI is InChI=1S/C14H21NO2/c1-3-10-9-11(6-7-13(10)17-2)14(16)12-5-4-8-15-12/h6-7,9,12,14-16H,3-5,8H2,1-2H3. The lowest BCUT2D eigenvalue weighted by atomic mass is 9.98. The molecule has 2 N–H and O–H groups in total. The van der Waals surface area contributed by atoms with Crippen molar-refractivity contribution >= 4 is 0 Å². The second-order valence-corrected chi connectivity index (χ2v) is 4.57. The minimum Gasteiger partial charge on any atom is -0.496 e. The molecule has 1 aliphatic rings. The zero-order valence-electron chi connectivity index (χ0n) is 10.6. The monoisotopic (exact) mass is 235 g/mol. The molecule has 1 aromatic rings. The molecule has 94 valence electrons. The fourth-order valence-corrected chi connectivity index (χ4v) is 2.47. The Morgan fingerprint density at radius 3 is 2.94 bits per heavy atom. The molecule has 1 fully saturated rings. The zero-order valence-corrected chi connectivity index (χ0v) is 10.6. The lowest BCUT2D eigenvalue weighted by Gasteiger charge is -2.20. The average molecular weight is 235 g/mol. The Balaban J connectivity index is 2.20. The first-order chi connectivity index (χ1) is 8.26. The average Bonchev–Trinajstić information content (AvgIpc) is 2.90. The minimum absolute atomic E-state index is 0.202.